The van der Waals surface area contributed by atoms with Gasteiger partial charge in [0.2, 0.25) is 0 Å². The van der Waals surface area contributed by atoms with Crippen LogP contribution in [0, 0.1) is 0 Å². The number of hydrogen-bond acceptors (Lipinski definition) is 5. The van der Waals surface area contributed by atoms with E-state index in [1.54, 1.807) is 18.4 Å². The lowest BCUT2D eigenvalue weighted by molar-refractivity contribution is 0.412. The van der Waals surface area contributed by atoms with Crippen LogP contribution in [0.5, 0.6) is 5.75 Å². The number of ether oxygens (including phenoxy) is 1. The summed E-state index contributed by atoms with van der Waals surface area (Å²) in [5.41, 5.74) is 5.74. The third kappa shape index (κ3) is 3.46. The van der Waals surface area contributed by atoms with Crippen molar-refractivity contribution < 1.29 is 4.74 Å². The van der Waals surface area contributed by atoms with Crippen LogP contribution >= 0.6 is 38.6 Å². The van der Waals surface area contributed by atoms with Crippen LogP contribution in [0.4, 0.5) is 0 Å². The first-order chi connectivity index (χ1) is 16.1. The molecule has 0 spiro atoms. The Morgan fingerprint density at radius 3 is 2.82 bits per heavy atom. The van der Waals surface area contributed by atoms with Crippen molar-refractivity contribution in [2.24, 2.45) is 4.99 Å². The molecule has 1 aliphatic carbocycles. The summed E-state index contributed by atoms with van der Waals surface area (Å²) in [5, 5.41) is 2.08. The minimum Gasteiger partial charge on any atom is -0.496 e. The van der Waals surface area contributed by atoms with Gasteiger partial charge >= 0.3 is 0 Å². The summed E-state index contributed by atoms with van der Waals surface area (Å²) in [4.78, 5) is 20.7. The molecule has 164 valence electrons. The predicted octanol–water partition coefficient (Wildman–Crippen LogP) is 5.15. The summed E-state index contributed by atoms with van der Waals surface area (Å²) in [7, 11) is 1.64. The van der Waals surface area contributed by atoms with Crippen molar-refractivity contribution in [3.63, 3.8) is 0 Å². The Morgan fingerprint density at radius 2 is 2.03 bits per heavy atom. The van der Waals surface area contributed by atoms with Crippen molar-refractivity contribution in [3.8, 4) is 5.75 Å². The van der Waals surface area contributed by atoms with Crippen molar-refractivity contribution in [2.75, 3.05) is 7.11 Å². The average Bonchev–Trinajstić information content (AvgIpc) is 3.46. The smallest absolute Gasteiger partial charge is 0.271 e. The van der Waals surface area contributed by atoms with E-state index in [1.807, 2.05) is 28.8 Å². The number of thiazole rings is 1. The highest BCUT2D eigenvalue weighted by atomic mass is 79.9. The summed E-state index contributed by atoms with van der Waals surface area (Å²) in [6.45, 7) is 0. The highest BCUT2D eigenvalue weighted by Gasteiger charge is 2.32. The number of thiophene rings is 1. The van der Waals surface area contributed by atoms with E-state index in [9.17, 15) is 4.79 Å². The molecule has 2 aromatic heterocycles. The number of aromatic nitrogens is 1. The maximum atomic E-state index is 13.7. The van der Waals surface area contributed by atoms with Gasteiger partial charge in [0.25, 0.3) is 5.56 Å². The number of aryl methyl sites for hydroxylation is 1. The number of hydrogen-bond donors (Lipinski definition) is 0. The van der Waals surface area contributed by atoms with Crippen molar-refractivity contribution in [3.05, 3.63) is 111 Å². The second-order valence-corrected chi connectivity index (χ2v) is 10.9. The van der Waals surface area contributed by atoms with Gasteiger partial charge < -0.3 is 4.74 Å². The number of benzene rings is 2. The topological polar surface area (TPSA) is 43.6 Å². The molecule has 2 aliphatic rings. The molecule has 4 aromatic rings. The first kappa shape index (κ1) is 20.8. The largest absolute Gasteiger partial charge is 0.496 e. The molecular weight excluding hydrogens is 516 g/mol. The van der Waals surface area contributed by atoms with E-state index in [4.69, 9.17) is 9.73 Å². The molecule has 6 rings (SSSR count). The van der Waals surface area contributed by atoms with E-state index in [1.165, 1.54) is 32.9 Å². The summed E-state index contributed by atoms with van der Waals surface area (Å²) in [5.74, 6) is 0.762. The van der Waals surface area contributed by atoms with Gasteiger partial charge in [-0.3, -0.25) is 9.36 Å². The van der Waals surface area contributed by atoms with Gasteiger partial charge in [0.1, 0.15) is 5.75 Å². The van der Waals surface area contributed by atoms with Crippen LogP contribution in [0.25, 0.3) is 11.8 Å². The molecule has 2 aromatic carbocycles. The number of rotatable bonds is 3. The number of allylic oxidation sites excluding steroid dienone is 1. The summed E-state index contributed by atoms with van der Waals surface area (Å²) in [6.07, 6.45) is 3.82. The average molecular weight is 535 g/mol. The Balaban J connectivity index is 1.59. The Labute approximate surface area is 207 Å². The molecule has 4 nitrogen and oxygen atoms in total. The summed E-state index contributed by atoms with van der Waals surface area (Å²) in [6, 6.07) is 18.4. The normalized spacial score (nSPS) is 17.3. The summed E-state index contributed by atoms with van der Waals surface area (Å²) >= 11 is 6.69. The van der Waals surface area contributed by atoms with E-state index in [2.05, 4.69) is 57.7 Å². The number of methoxy groups -OCH3 is 1. The van der Waals surface area contributed by atoms with Crippen LogP contribution in [0.1, 0.15) is 34.0 Å². The van der Waals surface area contributed by atoms with E-state index >= 15 is 0 Å². The molecule has 1 aliphatic heterocycles. The van der Waals surface area contributed by atoms with Gasteiger partial charge in [-0.15, -0.1) is 11.3 Å². The molecule has 0 bridgehead atoms. The van der Waals surface area contributed by atoms with Crippen molar-refractivity contribution >= 4 is 50.4 Å². The second kappa shape index (κ2) is 8.24. The SMILES string of the molecule is COc1ccc(/C=c2\sc3n(c2=O)[C@@H](c2cccs2)C2=C(N=3)c3ccccc3CC2)cc1Br. The lowest BCUT2D eigenvalue weighted by Gasteiger charge is -2.30. The number of fused-ring (bicyclic) bond motifs is 3. The fourth-order valence-electron chi connectivity index (χ4n) is 4.64. The first-order valence-corrected chi connectivity index (χ1v) is 13.1. The molecular formula is C26H19BrN2O2S2. The second-order valence-electron chi connectivity index (χ2n) is 8.02. The Kier molecular flexibility index (Phi) is 5.20. The van der Waals surface area contributed by atoms with Crippen molar-refractivity contribution in [2.45, 2.75) is 18.9 Å². The maximum absolute atomic E-state index is 13.7. The van der Waals surface area contributed by atoms with Crippen LogP contribution in [0.3, 0.4) is 0 Å². The van der Waals surface area contributed by atoms with Gasteiger partial charge in [-0.05, 0) is 75.1 Å². The molecule has 0 saturated carbocycles. The Hall–Kier alpha value is -2.74. The summed E-state index contributed by atoms with van der Waals surface area (Å²) < 4.78 is 8.77. The zero-order valence-corrected chi connectivity index (χ0v) is 21.0. The minimum absolute atomic E-state index is 0.00880. The maximum Gasteiger partial charge on any atom is 0.271 e. The molecule has 1 atom stereocenters. The minimum atomic E-state index is -0.102. The van der Waals surface area contributed by atoms with Crippen LogP contribution in [0.2, 0.25) is 0 Å². The third-order valence-electron chi connectivity index (χ3n) is 6.16. The first-order valence-electron chi connectivity index (χ1n) is 10.6. The monoisotopic (exact) mass is 534 g/mol. The van der Waals surface area contributed by atoms with E-state index in [-0.39, 0.29) is 11.6 Å². The van der Waals surface area contributed by atoms with Gasteiger partial charge in [-0.25, -0.2) is 4.99 Å². The van der Waals surface area contributed by atoms with E-state index < -0.39 is 0 Å². The molecule has 0 unspecified atom stereocenters. The zero-order valence-electron chi connectivity index (χ0n) is 17.7. The van der Waals surface area contributed by atoms with Gasteiger partial charge in [-0.1, -0.05) is 47.7 Å². The number of nitrogens with zero attached hydrogens (tertiary/aromatic N) is 2. The van der Waals surface area contributed by atoms with Gasteiger partial charge in [-0.2, -0.15) is 0 Å². The Morgan fingerprint density at radius 1 is 1.15 bits per heavy atom. The van der Waals surface area contributed by atoms with Crippen LogP contribution < -0.4 is 19.6 Å². The molecule has 7 heteroatoms. The molecule has 0 fully saturated rings. The van der Waals surface area contributed by atoms with E-state index in [0.717, 1.165) is 39.1 Å². The molecule has 0 saturated heterocycles. The molecule has 33 heavy (non-hydrogen) atoms. The van der Waals surface area contributed by atoms with Crippen LogP contribution in [0.15, 0.2) is 79.8 Å². The molecule has 3 heterocycles. The van der Waals surface area contributed by atoms with Crippen molar-refractivity contribution in [1.82, 2.24) is 4.57 Å². The molecule has 0 N–H and O–H groups in total. The highest BCUT2D eigenvalue weighted by Crippen LogP contribution is 2.42. The van der Waals surface area contributed by atoms with Gasteiger partial charge in [0.05, 0.1) is 27.9 Å². The van der Waals surface area contributed by atoms with E-state index in [0.29, 0.717) is 4.53 Å². The molecule has 0 radical (unpaired) electrons. The van der Waals surface area contributed by atoms with Crippen molar-refractivity contribution in [1.29, 1.82) is 0 Å². The highest BCUT2D eigenvalue weighted by molar-refractivity contribution is 9.10. The molecule has 0 amide bonds. The lowest BCUT2D eigenvalue weighted by Crippen LogP contribution is -2.38. The Bertz CT molecular complexity index is 1600. The standard InChI is InChI=1S/C26H19BrN2O2S2/c1-31-20-11-8-15(13-19(20)27)14-22-25(30)29-24(21-7-4-12-32-21)18-10-9-16-5-2-3-6-17(16)23(18)28-26(29)33-22/h2-8,11-14,24H,9-10H2,1H3/b22-14-/t24-/m1/s1. The third-order valence-corrected chi connectivity index (χ3v) is 8.69. The van der Waals surface area contributed by atoms with Crippen LogP contribution in [-0.4, -0.2) is 11.7 Å². The lowest BCUT2D eigenvalue weighted by atomic mass is 9.85. The quantitative estimate of drug-likeness (QED) is 0.364. The van der Waals surface area contributed by atoms with Gasteiger partial charge in [0.15, 0.2) is 4.80 Å². The fourth-order valence-corrected chi connectivity index (χ4v) is 7.05. The number of halogens is 1. The zero-order chi connectivity index (χ0) is 22.5. The van der Waals surface area contributed by atoms with Gasteiger partial charge in [0, 0.05) is 10.4 Å². The fraction of sp³-hybridized carbons (Fsp3) is 0.154. The predicted molar refractivity (Wildman–Crippen MR) is 138 cm³/mol. The van der Waals surface area contributed by atoms with Crippen LogP contribution in [-0.2, 0) is 6.42 Å².